The Morgan fingerprint density at radius 3 is 2.79 bits per heavy atom. The number of carbonyl (C=O) groups excluding carboxylic acids is 1. The van der Waals surface area contributed by atoms with E-state index < -0.39 is 11.7 Å². The fourth-order valence-corrected chi connectivity index (χ4v) is 2.10. The molecule has 1 aromatic heterocycles. The van der Waals surface area contributed by atoms with Gasteiger partial charge in [0.05, 0.1) is 12.1 Å². The number of para-hydroxylation sites is 1. The molecule has 4 nitrogen and oxygen atoms in total. The molecule has 102 valence electrons. The lowest BCUT2D eigenvalue weighted by Crippen LogP contribution is -2.22. The van der Waals surface area contributed by atoms with Crippen LogP contribution in [0.5, 0.6) is 0 Å². The predicted octanol–water partition coefficient (Wildman–Crippen LogP) is 3.00. The van der Waals surface area contributed by atoms with Crippen molar-refractivity contribution >= 4 is 17.0 Å². The maximum atomic E-state index is 13.6. The highest BCUT2D eigenvalue weighted by molar-refractivity contribution is 5.81. The lowest BCUT2D eigenvalue weighted by molar-refractivity contribution is -0.146. The number of carbonyl (C=O) groups is 1. The Bertz CT molecular complexity index is 592. The van der Waals surface area contributed by atoms with E-state index in [1.54, 1.807) is 19.1 Å². The first-order valence-corrected chi connectivity index (χ1v) is 6.35. The van der Waals surface area contributed by atoms with Crippen molar-refractivity contribution in [3.63, 3.8) is 0 Å². The second-order valence-electron chi connectivity index (χ2n) is 4.73. The maximum Gasteiger partial charge on any atom is 0.316 e. The average Bonchev–Trinajstić information content (AvgIpc) is 2.74. The summed E-state index contributed by atoms with van der Waals surface area (Å²) in [6.07, 6.45) is 0. The number of fused-ring (bicyclic) bond motifs is 1. The largest absolute Gasteiger partial charge is 0.465 e. The summed E-state index contributed by atoms with van der Waals surface area (Å²) in [5.74, 6) is -0.772. The molecule has 1 unspecified atom stereocenters. The lowest BCUT2D eigenvalue weighted by atomic mass is 9.95. The number of rotatable bonds is 4. The normalized spacial score (nSPS) is 12.9. The first-order valence-electron chi connectivity index (χ1n) is 6.35. The molecule has 0 spiro atoms. The quantitative estimate of drug-likeness (QED) is 0.864. The van der Waals surface area contributed by atoms with Gasteiger partial charge in [-0.15, -0.1) is 0 Å². The molecule has 5 heteroatoms. The second-order valence-corrected chi connectivity index (χ2v) is 4.73. The highest BCUT2D eigenvalue weighted by Gasteiger charge is 2.28. The van der Waals surface area contributed by atoms with E-state index in [0.717, 1.165) is 0 Å². The SMILES string of the molecule is CCOC(=O)C(c1nc2c(F)cccc2[nH]1)C(C)C. The minimum atomic E-state index is -0.508. The third-order valence-corrected chi connectivity index (χ3v) is 2.98. The van der Waals surface area contributed by atoms with E-state index in [1.807, 2.05) is 13.8 Å². The van der Waals surface area contributed by atoms with Crippen LogP contribution in [0, 0.1) is 11.7 Å². The van der Waals surface area contributed by atoms with Crippen LogP contribution in [0.4, 0.5) is 4.39 Å². The number of aromatic nitrogens is 2. The highest BCUT2D eigenvalue weighted by Crippen LogP contribution is 2.26. The van der Waals surface area contributed by atoms with Crippen LogP contribution in [-0.4, -0.2) is 22.5 Å². The average molecular weight is 264 g/mol. The summed E-state index contributed by atoms with van der Waals surface area (Å²) in [6.45, 7) is 5.89. The molecule has 0 aliphatic heterocycles. The third kappa shape index (κ3) is 2.59. The number of hydrogen-bond donors (Lipinski definition) is 1. The number of aromatic amines is 1. The van der Waals surface area contributed by atoms with Gasteiger partial charge in [-0.05, 0) is 25.0 Å². The molecule has 1 atom stereocenters. The van der Waals surface area contributed by atoms with E-state index in [2.05, 4.69) is 9.97 Å². The van der Waals surface area contributed by atoms with E-state index in [-0.39, 0.29) is 17.4 Å². The fourth-order valence-electron chi connectivity index (χ4n) is 2.10. The Labute approximate surface area is 111 Å². The summed E-state index contributed by atoms with van der Waals surface area (Å²) in [4.78, 5) is 19.2. The molecule has 0 saturated carbocycles. The minimum Gasteiger partial charge on any atom is -0.465 e. The van der Waals surface area contributed by atoms with Crippen LogP contribution in [0.25, 0.3) is 11.0 Å². The molecule has 0 radical (unpaired) electrons. The van der Waals surface area contributed by atoms with E-state index in [0.29, 0.717) is 17.9 Å². The van der Waals surface area contributed by atoms with Crippen molar-refractivity contribution in [2.24, 2.45) is 5.92 Å². The van der Waals surface area contributed by atoms with Crippen LogP contribution >= 0.6 is 0 Å². The van der Waals surface area contributed by atoms with Gasteiger partial charge in [-0.25, -0.2) is 9.37 Å². The van der Waals surface area contributed by atoms with Crippen molar-refractivity contribution in [1.29, 1.82) is 0 Å². The Kier molecular flexibility index (Phi) is 3.83. The number of imidazole rings is 1. The molecule has 0 fully saturated rings. The maximum absolute atomic E-state index is 13.6. The first kappa shape index (κ1) is 13.5. The van der Waals surface area contributed by atoms with Crippen LogP contribution in [0.1, 0.15) is 32.5 Å². The number of esters is 1. The number of nitrogens with one attached hydrogen (secondary N) is 1. The zero-order valence-electron chi connectivity index (χ0n) is 11.2. The summed E-state index contributed by atoms with van der Waals surface area (Å²) < 4.78 is 18.7. The molecule has 1 heterocycles. The van der Waals surface area contributed by atoms with Crippen molar-refractivity contribution in [2.75, 3.05) is 6.61 Å². The van der Waals surface area contributed by atoms with Gasteiger partial charge in [0.15, 0.2) is 5.82 Å². The lowest BCUT2D eigenvalue weighted by Gasteiger charge is -2.16. The van der Waals surface area contributed by atoms with Crippen LogP contribution < -0.4 is 0 Å². The number of hydrogen-bond acceptors (Lipinski definition) is 3. The molecule has 1 N–H and O–H groups in total. The van der Waals surface area contributed by atoms with Gasteiger partial charge in [0.1, 0.15) is 17.3 Å². The van der Waals surface area contributed by atoms with E-state index in [1.165, 1.54) is 6.07 Å². The molecule has 2 aromatic rings. The summed E-state index contributed by atoms with van der Waals surface area (Å²) in [7, 11) is 0. The Balaban J connectivity index is 2.45. The van der Waals surface area contributed by atoms with Crippen molar-refractivity contribution in [2.45, 2.75) is 26.7 Å². The van der Waals surface area contributed by atoms with Gasteiger partial charge in [0.25, 0.3) is 0 Å². The fraction of sp³-hybridized carbons (Fsp3) is 0.429. The van der Waals surface area contributed by atoms with E-state index >= 15 is 0 Å². The van der Waals surface area contributed by atoms with Gasteiger partial charge < -0.3 is 9.72 Å². The van der Waals surface area contributed by atoms with Crippen LogP contribution in [0.3, 0.4) is 0 Å². The zero-order valence-corrected chi connectivity index (χ0v) is 11.2. The summed E-state index contributed by atoms with van der Waals surface area (Å²) in [5.41, 5.74) is 0.845. The molecule has 0 amide bonds. The topological polar surface area (TPSA) is 55.0 Å². The standard InChI is InChI=1S/C14H17FN2O2/c1-4-19-14(18)11(8(2)3)13-16-10-7-5-6-9(15)12(10)17-13/h5-8,11H,4H2,1-3H3,(H,16,17). The molecule has 0 bridgehead atoms. The molecule has 19 heavy (non-hydrogen) atoms. The van der Waals surface area contributed by atoms with E-state index in [9.17, 15) is 9.18 Å². The van der Waals surface area contributed by atoms with E-state index in [4.69, 9.17) is 4.74 Å². The molecule has 1 aromatic carbocycles. The van der Waals surface area contributed by atoms with Crippen LogP contribution in [0.2, 0.25) is 0 Å². The Morgan fingerprint density at radius 1 is 1.47 bits per heavy atom. The van der Waals surface area contributed by atoms with Gasteiger partial charge >= 0.3 is 5.97 Å². The van der Waals surface area contributed by atoms with Crippen molar-refractivity contribution < 1.29 is 13.9 Å². The number of nitrogens with zero attached hydrogens (tertiary/aromatic N) is 1. The number of ether oxygens (including phenoxy) is 1. The van der Waals surface area contributed by atoms with Crippen molar-refractivity contribution in [1.82, 2.24) is 9.97 Å². The van der Waals surface area contributed by atoms with Gasteiger partial charge in [0, 0.05) is 0 Å². The predicted molar refractivity (Wildman–Crippen MR) is 70.3 cm³/mol. The summed E-state index contributed by atoms with van der Waals surface area (Å²) in [6, 6.07) is 4.69. The molecular formula is C14H17FN2O2. The van der Waals surface area contributed by atoms with Gasteiger partial charge in [-0.2, -0.15) is 0 Å². The Hall–Kier alpha value is -1.91. The number of halogens is 1. The molecule has 2 rings (SSSR count). The highest BCUT2D eigenvalue weighted by atomic mass is 19.1. The summed E-state index contributed by atoms with van der Waals surface area (Å²) in [5, 5.41) is 0. The van der Waals surface area contributed by atoms with Crippen LogP contribution in [0.15, 0.2) is 18.2 Å². The van der Waals surface area contributed by atoms with Gasteiger partial charge in [-0.1, -0.05) is 19.9 Å². The van der Waals surface area contributed by atoms with Crippen molar-refractivity contribution in [3.05, 3.63) is 29.8 Å². The summed E-state index contributed by atoms with van der Waals surface area (Å²) >= 11 is 0. The number of H-pyrrole nitrogens is 1. The monoisotopic (exact) mass is 264 g/mol. The van der Waals surface area contributed by atoms with Crippen molar-refractivity contribution in [3.8, 4) is 0 Å². The second kappa shape index (κ2) is 5.38. The molecule has 0 saturated heterocycles. The van der Waals surface area contributed by atoms with Crippen LogP contribution in [-0.2, 0) is 9.53 Å². The Morgan fingerprint density at radius 2 is 2.21 bits per heavy atom. The third-order valence-electron chi connectivity index (χ3n) is 2.98. The van der Waals surface area contributed by atoms with Gasteiger partial charge in [-0.3, -0.25) is 4.79 Å². The molecule has 0 aliphatic rings. The van der Waals surface area contributed by atoms with Gasteiger partial charge in [0.2, 0.25) is 0 Å². The smallest absolute Gasteiger partial charge is 0.316 e. The molecule has 0 aliphatic carbocycles. The molecular weight excluding hydrogens is 247 g/mol. The zero-order chi connectivity index (χ0) is 14.0. The first-order chi connectivity index (χ1) is 9.04. The number of benzene rings is 1. The minimum absolute atomic E-state index is 0.0164.